The van der Waals surface area contributed by atoms with Gasteiger partial charge in [-0.05, 0) is 23.9 Å². The second-order valence-electron chi connectivity index (χ2n) is 5.49. The Kier molecular flexibility index (Phi) is 3.22. The monoisotopic (exact) mass is 274 g/mol. The predicted molar refractivity (Wildman–Crippen MR) is 76.2 cm³/mol. The maximum Gasteiger partial charge on any atom is 0.212 e. The zero-order valence-corrected chi connectivity index (χ0v) is 11.4. The third kappa shape index (κ3) is 1.89. The molecule has 1 aliphatic heterocycles. The van der Waals surface area contributed by atoms with E-state index in [1.54, 1.807) is 0 Å². The van der Waals surface area contributed by atoms with Crippen LogP contribution < -0.4 is 0 Å². The highest BCUT2D eigenvalue weighted by molar-refractivity contribution is 5.82. The molecule has 5 heteroatoms. The van der Waals surface area contributed by atoms with Crippen molar-refractivity contribution in [2.75, 3.05) is 6.54 Å². The Morgan fingerprint density at radius 3 is 2.85 bits per heavy atom. The van der Waals surface area contributed by atoms with E-state index in [1.807, 2.05) is 41.8 Å². The van der Waals surface area contributed by atoms with Gasteiger partial charge in [-0.3, -0.25) is 10.1 Å². The van der Waals surface area contributed by atoms with Gasteiger partial charge in [-0.25, -0.2) is 0 Å². The highest BCUT2D eigenvalue weighted by Gasteiger charge is 2.42. The van der Waals surface area contributed by atoms with E-state index in [2.05, 4.69) is 0 Å². The molecule has 0 aliphatic carbocycles. The fourth-order valence-corrected chi connectivity index (χ4v) is 3.47. The molecule has 3 rings (SSSR count). The molecule has 1 aromatic heterocycles. The second-order valence-corrected chi connectivity index (χ2v) is 5.49. The number of nitrogens with zero attached hydrogens (tertiary/aromatic N) is 2. The van der Waals surface area contributed by atoms with Gasteiger partial charge < -0.3 is 9.67 Å². The van der Waals surface area contributed by atoms with Crippen LogP contribution in [0.1, 0.15) is 37.6 Å². The summed E-state index contributed by atoms with van der Waals surface area (Å²) in [6.45, 7) is 1.93. The molecule has 0 saturated heterocycles. The molecule has 2 heterocycles. The summed E-state index contributed by atoms with van der Waals surface area (Å²) >= 11 is 0. The van der Waals surface area contributed by atoms with E-state index in [9.17, 15) is 15.2 Å². The summed E-state index contributed by atoms with van der Waals surface area (Å²) in [6, 6.07) is 9.79. The maximum absolute atomic E-state index is 11.0. The Labute approximate surface area is 117 Å². The molecule has 5 nitrogen and oxygen atoms in total. The molecule has 0 unspecified atom stereocenters. The molecule has 1 N–H and O–H groups in total. The minimum absolute atomic E-state index is 0.0648. The van der Waals surface area contributed by atoms with Gasteiger partial charge in [0.2, 0.25) is 6.54 Å². The number of aromatic nitrogens is 1. The van der Waals surface area contributed by atoms with Crippen molar-refractivity contribution in [1.29, 1.82) is 0 Å². The molecule has 20 heavy (non-hydrogen) atoms. The van der Waals surface area contributed by atoms with Crippen LogP contribution in [0.3, 0.4) is 0 Å². The van der Waals surface area contributed by atoms with Crippen LogP contribution in [-0.4, -0.2) is 21.1 Å². The minimum atomic E-state index is -0.658. The first kappa shape index (κ1) is 13.1. The van der Waals surface area contributed by atoms with Crippen molar-refractivity contribution in [3.05, 3.63) is 46.1 Å². The lowest BCUT2D eigenvalue weighted by molar-refractivity contribution is -0.485. The number of aliphatic hydroxyl groups excluding tert-OH is 1. The van der Waals surface area contributed by atoms with E-state index >= 15 is 0 Å². The van der Waals surface area contributed by atoms with Crippen LogP contribution in [0.25, 0.3) is 10.9 Å². The largest absolute Gasteiger partial charge is 0.373 e. The number of fused-ring (bicyclic) bond motifs is 3. The van der Waals surface area contributed by atoms with Crippen LogP contribution in [0, 0.1) is 16.0 Å². The summed E-state index contributed by atoms with van der Waals surface area (Å²) < 4.78 is 1.88. The lowest BCUT2D eigenvalue weighted by atomic mass is 9.88. The standard InChI is InChI=1S/C15H18N2O3/c1-2-5-11-12(9-16(19)20)14-8-10-6-3-4-7-13(10)17(14)15(11)18/h3-4,6-8,11-12,15,18H,2,5,9H2,1H3/t11-,12+,15-/m0/s1. The number of para-hydroxylation sites is 1. The molecule has 0 amide bonds. The summed E-state index contributed by atoms with van der Waals surface area (Å²) in [5.41, 5.74) is 1.86. The summed E-state index contributed by atoms with van der Waals surface area (Å²) in [6.07, 6.45) is 1.06. The van der Waals surface area contributed by atoms with Crippen LogP contribution in [0.15, 0.2) is 30.3 Å². The Hall–Kier alpha value is -1.88. The van der Waals surface area contributed by atoms with Crippen LogP contribution >= 0.6 is 0 Å². The van der Waals surface area contributed by atoms with Gasteiger partial charge in [0.25, 0.3) is 0 Å². The molecule has 3 atom stereocenters. The molecule has 0 bridgehead atoms. The quantitative estimate of drug-likeness (QED) is 0.688. The average Bonchev–Trinajstić information content (AvgIpc) is 2.90. The van der Waals surface area contributed by atoms with Gasteiger partial charge in [0.05, 0.1) is 11.4 Å². The summed E-state index contributed by atoms with van der Waals surface area (Å²) in [5.74, 6) is -0.266. The third-order valence-electron chi connectivity index (χ3n) is 4.29. The van der Waals surface area contributed by atoms with E-state index in [0.717, 1.165) is 29.4 Å². The fraction of sp³-hybridized carbons (Fsp3) is 0.467. The molecule has 0 fully saturated rings. The minimum Gasteiger partial charge on any atom is -0.373 e. The number of hydrogen-bond donors (Lipinski definition) is 1. The molecular weight excluding hydrogens is 256 g/mol. The average molecular weight is 274 g/mol. The van der Waals surface area contributed by atoms with Crippen molar-refractivity contribution < 1.29 is 10.0 Å². The maximum atomic E-state index is 11.0. The fourth-order valence-electron chi connectivity index (χ4n) is 3.47. The smallest absolute Gasteiger partial charge is 0.212 e. The van der Waals surface area contributed by atoms with Crippen molar-refractivity contribution >= 4 is 10.9 Å². The Morgan fingerprint density at radius 2 is 2.15 bits per heavy atom. The van der Waals surface area contributed by atoms with E-state index in [-0.39, 0.29) is 23.3 Å². The first-order valence-corrected chi connectivity index (χ1v) is 7.03. The predicted octanol–water partition coefficient (Wildman–Crippen LogP) is 2.92. The van der Waals surface area contributed by atoms with Gasteiger partial charge in [-0.1, -0.05) is 31.5 Å². The van der Waals surface area contributed by atoms with Gasteiger partial charge in [0.1, 0.15) is 6.23 Å². The highest BCUT2D eigenvalue weighted by atomic mass is 16.6. The second kappa shape index (κ2) is 4.90. The van der Waals surface area contributed by atoms with Crippen LogP contribution in [0.4, 0.5) is 0 Å². The number of rotatable bonds is 4. The molecule has 1 aliphatic rings. The Morgan fingerprint density at radius 1 is 1.40 bits per heavy atom. The number of nitro groups is 1. The molecule has 0 spiro atoms. The molecular formula is C15H18N2O3. The lowest BCUT2D eigenvalue weighted by Crippen LogP contribution is -2.20. The van der Waals surface area contributed by atoms with Crippen LogP contribution in [0.2, 0.25) is 0 Å². The zero-order valence-electron chi connectivity index (χ0n) is 11.4. The van der Waals surface area contributed by atoms with E-state index in [1.165, 1.54) is 0 Å². The lowest BCUT2D eigenvalue weighted by Gasteiger charge is -2.19. The molecule has 106 valence electrons. The topological polar surface area (TPSA) is 68.3 Å². The summed E-state index contributed by atoms with van der Waals surface area (Å²) in [4.78, 5) is 10.7. The first-order valence-electron chi connectivity index (χ1n) is 7.03. The SMILES string of the molecule is CCC[C@H]1[C@@H](C[N+](=O)[O-])c2cc3ccccc3n2[C@H]1O. The molecule has 0 saturated carbocycles. The molecule has 2 aromatic rings. The number of hydrogen-bond acceptors (Lipinski definition) is 3. The van der Waals surface area contributed by atoms with Crippen molar-refractivity contribution in [3.8, 4) is 0 Å². The molecule has 0 radical (unpaired) electrons. The van der Waals surface area contributed by atoms with Crippen molar-refractivity contribution in [2.24, 2.45) is 5.92 Å². The van der Waals surface area contributed by atoms with Gasteiger partial charge in [-0.15, -0.1) is 0 Å². The first-order chi connectivity index (χ1) is 9.63. The number of benzene rings is 1. The van der Waals surface area contributed by atoms with E-state index in [0.29, 0.717) is 0 Å². The van der Waals surface area contributed by atoms with Crippen molar-refractivity contribution in [1.82, 2.24) is 4.57 Å². The Balaban J connectivity index is 2.11. The van der Waals surface area contributed by atoms with E-state index in [4.69, 9.17) is 0 Å². The summed E-state index contributed by atoms with van der Waals surface area (Å²) in [5, 5.41) is 22.6. The van der Waals surface area contributed by atoms with Gasteiger partial charge in [0.15, 0.2) is 0 Å². The van der Waals surface area contributed by atoms with Crippen LogP contribution in [0.5, 0.6) is 0 Å². The summed E-state index contributed by atoms with van der Waals surface area (Å²) in [7, 11) is 0. The van der Waals surface area contributed by atoms with Crippen molar-refractivity contribution in [3.63, 3.8) is 0 Å². The van der Waals surface area contributed by atoms with Gasteiger partial charge in [0, 0.05) is 16.5 Å². The van der Waals surface area contributed by atoms with E-state index < -0.39 is 6.23 Å². The zero-order chi connectivity index (χ0) is 14.3. The van der Waals surface area contributed by atoms with Gasteiger partial charge >= 0.3 is 0 Å². The normalized spacial score (nSPS) is 25.0. The number of aliphatic hydroxyl groups is 1. The van der Waals surface area contributed by atoms with Gasteiger partial charge in [-0.2, -0.15) is 0 Å². The third-order valence-corrected chi connectivity index (χ3v) is 4.29. The van der Waals surface area contributed by atoms with Crippen molar-refractivity contribution in [2.45, 2.75) is 31.9 Å². The Bertz CT molecular complexity index is 650. The molecule has 1 aromatic carbocycles. The van der Waals surface area contributed by atoms with Crippen LogP contribution in [-0.2, 0) is 0 Å². The highest BCUT2D eigenvalue weighted by Crippen LogP contribution is 2.46.